The van der Waals surface area contributed by atoms with E-state index >= 15 is 0 Å². The predicted octanol–water partition coefficient (Wildman–Crippen LogP) is 2.83. The van der Waals surface area contributed by atoms with Gasteiger partial charge in [0.05, 0.1) is 56.9 Å². The van der Waals surface area contributed by atoms with Crippen LogP contribution in [0.5, 0.6) is 23.0 Å². The van der Waals surface area contributed by atoms with E-state index in [0.717, 1.165) is 5.56 Å². The molecule has 0 fully saturated rings. The molecule has 0 N–H and O–H groups in total. The van der Waals surface area contributed by atoms with Crippen molar-refractivity contribution in [1.29, 1.82) is 0 Å². The summed E-state index contributed by atoms with van der Waals surface area (Å²) in [5, 5.41) is 0. The van der Waals surface area contributed by atoms with Crippen molar-refractivity contribution in [1.82, 2.24) is 4.57 Å². The highest BCUT2D eigenvalue weighted by molar-refractivity contribution is 7.07. The van der Waals surface area contributed by atoms with E-state index < -0.39 is 12.0 Å². The molecule has 2 aromatic carbocycles. The fraction of sp³-hybridized carbons (Fsp3) is 0.296. The Kier molecular flexibility index (Phi) is 7.68. The number of esters is 1. The van der Waals surface area contributed by atoms with E-state index in [1.807, 2.05) is 12.1 Å². The summed E-state index contributed by atoms with van der Waals surface area (Å²) in [5.41, 5.74) is 1.88. The Morgan fingerprint density at radius 1 is 1.00 bits per heavy atom. The minimum absolute atomic E-state index is 0.203. The van der Waals surface area contributed by atoms with Gasteiger partial charge in [-0.1, -0.05) is 23.5 Å². The molecule has 9 nitrogen and oxygen atoms in total. The lowest BCUT2D eigenvalue weighted by molar-refractivity contribution is -0.139. The van der Waals surface area contributed by atoms with Crippen LogP contribution in [0, 0.1) is 0 Å². The number of rotatable bonds is 8. The second kappa shape index (κ2) is 10.9. The first-order valence-corrected chi connectivity index (χ1v) is 12.3. The van der Waals surface area contributed by atoms with E-state index in [2.05, 4.69) is 4.99 Å². The number of hydrogen-bond acceptors (Lipinski definition) is 9. The Bertz CT molecular complexity index is 1530. The molecule has 0 aliphatic carbocycles. The van der Waals surface area contributed by atoms with Gasteiger partial charge in [0.15, 0.2) is 16.3 Å². The first-order chi connectivity index (χ1) is 17.9. The molecule has 37 heavy (non-hydrogen) atoms. The average molecular weight is 525 g/mol. The number of nitrogens with zero attached hydrogens (tertiary/aromatic N) is 2. The highest BCUT2D eigenvalue weighted by atomic mass is 32.1. The van der Waals surface area contributed by atoms with Crippen LogP contribution in [0.4, 0.5) is 0 Å². The topological polar surface area (TPSA) is 97.6 Å². The van der Waals surface area contributed by atoms with E-state index in [0.29, 0.717) is 49.2 Å². The number of carbonyl (C=O) groups excluding carboxylic acids is 1. The Balaban J connectivity index is 1.96. The monoisotopic (exact) mass is 524 g/mol. The Labute approximate surface area is 217 Å². The maximum atomic E-state index is 13.8. The minimum atomic E-state index is -0.712. The van der Waals surface area contributed by atoms with Crippen LogP contribution in [0.25, 0.3) is 6.08 Å². The Morgan fingerprint density at radius 2 is 1.70 bits per heavy atom. The molecule has 0 unspecified atom stereocenters. The number of methoxy groups -OCH3 is 4. The van der Waals surface area contributed by atoms with E-state index in [1.165, 1.54) is 37.2 Å². The number of thiazole rings is 1. The molecule has 194 valence electrons. The van der Waals surface area contributed by atoms with Crippen LogP contribution in [0.1, 0.15) is 31.0 Å². The molecule has 0 radical (unpaired) electrons. The maximum absolute atomic E-state index is 13.8. The number of allylic oxidation sites excluding steroid dienone is 1. The molecule has 1 aromatic heterocycles. The lowest BCUT2D eigenvalue weighted by Crippen LogP contribution is -2.39. The molecule has 1 atom stereocenters. The smallest absolute Gasteiger partial charge is 0.338 e. The third-order valence-electron chi connectivity index (χ3n) is 5.97. The number of fused-ring (bicyclic) bond motifs is 1. The summed E-state index contributed by atoms with van der Waals surface area (Å²) in [6.07, 6.45) is 1.72. The molecule has 1 aliphatic heterocycles. The molecular weight excluding hydrogens is 496 g/mol. The summed E-state index contributed by atoms with van der Waals surface area (Å²) in [4.78, 5) is 31.9. The fourth-order valence-electron chi connectivity index (χ4n) is 4.27. The summed E-state index contributed by atoms with van der Waals surface area (Å²) < 4.78 is 29.0. The van der Waals surface area contributed by atoms with E-state index in [-0.39, 0.29) is 12.2 Å². The van der Waals surface area contributed by atoms with E-state index in [4.69, 9.17) is 23.7 Å². The molecule has 1 aliphatic rings. The van der Waals surface area contributed by atoms with Gasteiger partial charge in [0, 0.05) is 5.56 Å². The molecule has 0 amide bonds. The molecule has 2 heterocycles. The third-order valence-corrected chi connectivity index (χ3v) is 6.95. The molecule has 3 aromatic rings. The maximum Gasteiger partial charge on any atom is 0.338 e. The van der Waals surface area contributed by atoms with Crippen LogP contribution in [-0.2, 0) is 9.53 Å². The van der Waals surface area contributed by atoms with Crippen LogP contribution in [0.3, 0.4) is 0 Å². The van der Waals surface area contributed by atoms with Gasteiger partial charge >= 0.3 is 5.97 Å². The number of hydrogen-bond donors (Lipinski definition) is 0. The molecule has 0 spiro atoms. The number of ether oxygens (including phenoxy) is 5. The van der Waals surface area contributed by atoms with Crippen molar-refractivity contribution in [3.8, 4) is 23.0 Å². The van der Waals surface area contributed by atoms with Crippen LogP contribution in [0.15, 0.2) is 57.5 Å². The third kappa shape index (κ3) is 4.72. The minimum Gasteiger partial charge on any atom is -0.497 e. The van der Waals surface area contributed by atoms with Gasteiger partial charge in [-0.25, -0.2) is 9.79 Å². The summed E-state index contributed by atoms with van der Waals surface area (Å²) in [7, 11) is 6.16. The molecule has 4 rings (SSSR count). The van der Waals surface area contributed by atoms with Gasteiger partial charge in [0.2, 0.25) is 5.75 Å². The van der Waals surface area contributed by atoms with E-state index in [1.54, 1.807) is 51.3 Å². The van der Waals surface area contributed by atoms with Crippen molar-refractivity contribution in [3.63, 3.8) is 0 Å². The van der Waals surface area contributed by atoms with Gasteiger partial charge < -0.3 is 23.7 Å². The van der Waals surface area contributed by atoms with Crippen molar-refractivity contribution in [2.45, 2.75) is 19.9 Å². The molecule has 0 bridgehead atoms. The number of benzene rings is 2. The van der Waals surface area contributed by atoms with Gasteiger partial charge in [-0.15, -0.1) is 0 Å². The number of aromatic nitrogens is 1. The first kappa shape index (κ1) is 26.0. The predicted molar refractivity (Wildman–Crippen MR) is 139 cm³/mol. The highest BCUT2D eigenvalue weighted by Gasteiger charge is 2.33. The summed E-state index contributed by atoms with van der Waals surface area (Å²) in [6.45, 7) is 3.69. The zero-order valence-corrected chi connectivity index (χ0v) is 22.3. The van der Waals surface area contributed by atoms with Crippen molar-refractivity contribution in [2.75, 3.05) is 35.0 Å². The van der Waals surface area contributed by atoms with Gasteiger partial charge in [-0.2, -0.15) is 0 Å². The van der Waals surface area contributed by atoms with Crippen molar-refractivity contribution in [3.05, 3.63) is 78.5 Å². The van der Waals surface area contributed by atoms with Crippen molar-refractivity contribution >= 4 is 23.4 Å². The Morgan fingerprint density at radius 3 is 2.30 bits per heavy atom. The molecular formula is C27H28N2O7S. The fourth-order valence-corrected chi connectivity index (χ4v) is 5.31. The van der Waals surface area contributed by atoms with Gasteiger partial charge in [0.25, 0.3) is 5.56 Å². The summed E-state index contributed by atoms with van der Waals surface area (Å²) in [5.74, 6) is 1.51. The first-order valence-electron chi connectivity index (χ1n) is 11.5. The van der Waals surface area contributed by atoms with E-state index in [9.17, 15) is 9.59 Å². The quantitative estimate of drug-likeness (QED) is 0.418. The van der Waals surface area contributed by atoms with Gasteiger partial charge in [0.1, 0.15) is 5.75 Å². The highest BCUT2D eigenvalue weighted by Crippen LogP contribution is 2.40. The van der Waals surface area contributed by atoms with Gasteiger partial charge in [-0.05, 0) is 49.8 Å². The van der Waals surface area contributed by atoms with Gasteiger partial charge in [-0.3, -0.25) is 9.36 Å². The van der Waals surface area contributed by atoms with Crippen LogP contribution in [0.2, 0.25) is 0 Å². The summed E-state index contributed by atoms with van der Waals surface area (Å²) >= 11 is 1.23. The van der Waals surface area contributed by atoms with Crippen molar-refractivity contribution in [2.24, 2.45) is 4.99 Å². The molecule has 0 saturated heterocycles. The van der Waals surface area contributed by atoms with Crippen molar-refractivity contribution < 1.29 is 28.5 Å². The van der Waals surface area contributed by atoms with Crippen LogP contribution in [-0.4, -0.2) is 45.6 Å². The lowest BCUT2D eigenvalue weighted by atomic mass is 9.96. The number of carbonyl (C=O) groups is 1. The van der Waals surface area contributed by atoms with Crippen LogP contribution >= 0.6 is 11.3 Å². The second-order valence-corrected chi connectivity index (χ2v) is 9.01. The lowest BCUT2D eigenvalue weighted by Gasteiger charge is -2.24. The second-order valence-electron chi connectivity index (χ2n) is 8.00. The summed E-state index contributed by atoms with van der Waals surface area (Å²) in [6, 6.07) is 10.1. The SMILES string of the molecule is CCOC(=O)C1=C(C)N=c2s/c(=C\c3ccc(OC)c(OC)c3OC)c(=O)n2[C@H]1c1ccc(OC)cc1. The normalized spacial score (nSPS) is 15.1. The molecule has 10 heteroatoms. The average Bonchev–Trinajstić information content (AvgIpc) is 3.21. The Hall–Kier alpha value is -4.05. The zero-order chi connectivity index (χ0) is 26.7. The largest absolute Gasteiger partial charge is 0.497 e. The molecule has 0 saturated carbocycles. The standard InChI is InChI=1S/C27H28N2O7S/c1-7-36-26(31)21-15(2)28-27-29(22(21)16-8-11-18(32-3)12-9-16)25(30)20(37-27)14-17-10-13-19(33-4)24(35-6)23(17)34-5/h8-14,22H,7H2,1-6H3/b20-14-/t22-/m0/s1. The zero-order valence-electron chi connectivity index (χ0n) is 21.5. The van der Waals surface area contributed by atoms with Crippen LogP contribution < -0.4 is 33.8 Å².